The molecule has 0 aromatic heterocycles. The van der Waals surface area contributed by atoms with Crippen LogP contribution in [0.3, 0.4) is 0 Å². The van der Waals surface area contributed by atoms with Crippen LogP contribution < -0.4 is 5.32 Å². The van der Waals surface area contributed by atoms with Crippen molar-refractivity contribution in [2.24, 2.45) is 0 Å². The van der Waals surface area contributed by atoms with E-state index in [1.807, 2.05) is 0 Å². The van der Waals surface area contributed by atoms with Gasteiger partial charge in [0.15, 0.2) is 5.79 Å². The molecule has 2 heterocycles. The highest BCUT2D eigenvalue weighted by atomic mass is 16.7. The zero-order chi connectivity index (χ0) is 24.2. The summed E-state index contributed by atoms with van der Waals surface area (Å²) in [4.78, 5) is 0. The maximum Gasteiger partial charge on any atom is 0.172 e. The highest BCUT2D eigenvalue weighted by Gasteiger charge is 2.50. The second-order valence-corrected chi connectivity index (χ2v) is 11.1. The molecule has 4 nitrogen and oxygen atoms in total. The number of ether oxygens (including phenoxy) is 3. The average Bonchev–Trinajstić information content (AvgIpc) is 2.77. The lowest BCUT2D eigenvalue weighted by atomic mass is 9.78. The number of aryl methyl sites for hydroxylation is 1. The van der Waals surface area contributed by atoms with E-state index in [1.165, 1.54) is 5.56 Å². The Morgan fingerprint density at radius 2 is 1.32 bits per heavy atom. The number of rotatable bonds is 5. The van der Waals surface area contributed by atoms with Gasteiger partial charge in [-0.1, -0.05) is 49.5 Å². The van der Waals surface area contributed by atoms with Crippen LogP contribution in [0.2, 0.25) is 0 Å². The minimum absolute atomic E-state index is 0.0292. The predicted molar refractivity (Wildman–Crippen MR) is 137 cm³/mol. The summed E-state index contributed by atoms with van der Waals surface area (Å²) in [5, 5.41) is 3.69. The van der Waals surface area contributed by atoms with Crippen molar-refractivity contribution in [3.05, 3.63) is 70.8 Å². The van der Waals surface area contributed by atoms with E-state index in [1.54, 1.807) is 0 Å². The van der Waals surface area contributed by atoms with E-state index in [4.69, 9.17) is 14.2 Å². The van der Waals surface area contributed by atoms with Crippen molar-refractivity contribution in [2.45, 2.75) is 89.9 Å². The van der Waals surface area contributed by atoms with Crippen LogP contribution in [0.15, 0.2) is 48.5 Å². The third-order valence-electron chi connectivity index (χ3n) is 6.45. The molecule has 0 saturated carbocycles. The van der Waals surface area contributed by atoms with Gasteiger partial charge in [-0.15, -0.1) is 0 Å². The van der Waals surface area contributed by atoms with Crippen LogP contribution in [0.4, 0.5) is 0 Å². The molecule has 4 rings (SSSR count). The van der Waals surface area contributed by atoms with Crippen molar-refractivity contribution >= 4 is 0 Å². The first-order valence-electron chi connectivity index (χ1n) is 12.5. The molecule has 0 amide bonds. The van der Waals surface area contributed by atoms with Crippen LogP contribution in [0.5, 0.6) is 0 Å². The van der Waals surface area contributed by atoms with Crippen LogP contribution in [0.25, 0.3) is 0 Å². The Morgan fingerprint density at radius 1 is 0.824 bits per heavy atom. The van der Waals surface area contributed by atoms with E-state index >= 15 is 0 Å². The molecule has 2 aliphatic heterocycles. The van der Waals surface area contributed by atoms with Gasteiger partial charge >= 0.3 is 0 Å². The fourth-order valence-electron chi connectivity index (χ4n) is 5.38. The summed E-state index contributed by atoms with van der Waals surface area (Å²) in [6.07, 6.45) is 3.90. The topological polar surface area (TPSA) is 39.7 Å². The predicted octanol–water partition coefficient (Wildman–Crippen LogP) is 5.61. The Labute approximate surface area is 205 Å². The van der Waals surface area contributed by atoms with Gasteiger partial charge in [0.1, 0.15) is 6.10 Å². The Kier molecular flexibility index (Phi) is 7.50. The molecule has 182 valence electrons. The molecule has 2 saturated heterocycles. The van der Waals surface area contributed by atoms with Crippen LogP contribution in [-0.4, -0.2) is 36.2 Å². The number of benzene rings is 2. The minimum Gasteiger partial charge on any atom is -0.369 e. The summed E-state index contributed by atoms with van der Waals surface area (Å²) < 4.78 is 18.7. The monoisotopic (exact) mass is 461 g/mol. The van der Waals surface area contributed by atoms with Gasteiger partial charge in [0, 0.05) is 35.0 Å². The van der Waals surface area contributed by atoms with Crippen molar-refractivity contribution < 1.29 is 14.2 Å². The van der Waals surface area contributed by atoms with Crippen molar-refractivity contribution in [3.8, 4) is 11.8 Å². The molecule has 4 heteroatoms. The fourth-order valence-corrected chi connectivity index (χ4v) is 5.38. The highest BCUT2D eigenvalue weighted by molar-refractivity contribution is 5.44. The quantitative estimate of drug-likeness (QED) is 0.588. The molecule has 2 aromatic rings. The van der Waals surface area contributed by atoms with E-state index in [0.717, 1.165) is 42.4 Å². The molecule has 0 unspecified atom stereocenters. The Hall–Kier alpha value is -2.16. The lowest BCUT2D eigenvalue weighted by molar-refractivity contribution is -0.323. The summed E-state index contributed by atoms with van der Waals surface area (Å²) in [6, 6.07) is 16.8. The van der Waals surface area contributed by atoms with E-state index in [-0.39, 0.29) is 17.2 Å². The molecule has 0 bridgehead atoms. The second kappa shape index (κ2) is 10.2. The van der Waals surface area contributed by atoms with Crippen LogP contribution in [-0.2, 0) is 27.2 Å². The first kappa shape index (κ1) is 24.9. The maximum atomic E-state index is 6.29. The zero-order valence-electron chi connectivity index (χ0n) is 21.4. The number of hydrogen-bond donors (Lipinski definition) is 1. The SMILES string of the molecule is CCCc1ccc(C#Cc2ccc(COC3COC4(CC(C)(C)NC(C)(C)C4)OC3)cc2)cc1. The molecule has 2 aliphatic rings. The molecule has 0 aliphatic carbocycles. The number of nitrogens with one attached hydrogen (secondary N) is 1. The summed E-state index contributed by atoms with van der Waals surface area (Å²) in [5.74, 6) is 5.99. The largest absolute Gasteiger partial charge is 0.369 e. The summed E-state index contributed by atoms with van der Waals surface area (Å²) in [7, 11) is 0. The summed E-state index contributed by atoms with van der Waals surface area (Å²) in [6.45, 7) is 12.7. The fraction of sp³-hybridized carbons (Fsp3) is 0.533. The molecule has 1 spiro atoms. The maximum absolute atomic E-state index is 6.29. The van der Waals surface area contributed by atoms with Crippen LogP contribution in [0.1, 0.15) is 76.1 Å². The lowest BCUT2D eigenvalue weighted by Gasteiger charge is -2.53. The van der Waals surface area contributed by atoms with Gasteiger partial charge in [-0.05, 0) is 69.5 Å². The molecule has 2 aromatic carbocycles. The molecular weight excluding hydrogens is 422 g/mol. The Balaban J connectivity index is 1.26. The van der Waals surface area contributed by atoms with E-state index < -0.39 is 5.79 Å². The average molecular weight is 462 g/mol. The lowest BCUT2D eigenvalue weighted by Crippen LogP contribution is -2.66. The highest BCUT2D eigenvalue weighted by Crippen LogP contribution is 2.41. The van der Waals surface area contributed by atoms with Gasteiger partial charge in [0.2, 0.25) is 0 Å². The van der Waals surface area contributed by atoms with Gasteiger partial charge in [0.05, 0.1) is 19.8 Å². The molecular formula is C30H39NO3. The standard InChI is InChI=1S/C30H39NO3/c1-6-7-23-8-10-24(11-9-23)12-13-25-14-16-26(17-15-25)18-32-27-19-33-30(34-20-27)21-28(2,3)31-29(4,5)22-30/h8-11,14-17,27,31H,6-7,18-22H2,1-5H3. The molecule has 34 heavy (non-hydrogen) atoms. The van der Waals surface area contributed by atoms with E-state index in [0.29, 0.717) is 19.8 Å². The summed E-state index contributed by atoms with van der Waals surface area (Å²) in [5.41, 5.74) is 4.48. The minimum atomic E-state index is -0.519. The molecule has 2 fully saturated rings. The van der Waals surface area contributed by atoms with Gasteiger partial charge in [0.25, 0.3) is 0 Å². The van der Waals surface area contributed by atoms with Gasteiger partial charge in [-0.3, -0.25) is 0 Å². The third-order valence-corrected chi connectivity index (χ3v) is 6.45. The van der Waals surface area contributed by atoms with Crippen LogP contribution in [0, 0.1) is 11.8 Å². The van der Waals surface area contributed by atoms with Crippen molar-refractivity contribution in [1.82, 2.24) is 5.32 Å². The summed E-state index contributed by atoms with van der Waals surface area (Å²) >= 11 is 0. The third kappa shape index (κ3) is 6.71. The van der Waals surface area contributed by atoms with Gasteiger partial charge < -0.3 is 19.5 Å². The second-order valence-electron chi connectivity index (χ2n) is 11.1. The van der Waals surface area contributed by atoms with Gasteiger partial charge in [-0.25, -0.2) is 0 Å². The van der Waals surface area contributed by atoms with Gasteiger partial charge in [-0.2, -0.15) is 0 Å². The first-order chi connectivity index (χ1) is 16.2. The smallest absolute Gasteiger partial charge is 0.172 e. The number of piperidine rings is 1. The zero-order valence-corrected chi connectivity index (χ0v) is 21.4. The first-order valence-corrected chi connectivity index (χ1v) is 12.5. The van der Waals surface area contributed by atoms with E-state index in [9.17, 15) is 0 Å². The normalized spacial score (nSPS) is 21.1. The van der Waals surface area contributed by atoms with E-state index in [2.05, 4.69) is 100 Å². The molecule has 0 atom stereocenters. The molecule has 1 N–H and O–H groups in total. The molecule has 0 radical (unpaired) electrons. The number of hydrogen-bond acceptors (Lipinski definition) is 4. The Bertz CT molecular complexity index is 986. The Morgan fingerprint density at radius 3 is 1.82 bits per heavy atom. The van der Waals surface area contributed by atoms with Crippen molar-refractivity contribution in [3.63, 3.8) is 0 Å². The van der Waals surface area contributed by atoms with Crippen molar-refractivity contribution in [2.75, 3.05) is 13.2 Å². The van der Waals surface area contributed by atoms with Crippen molar-refractivity contribution in [1.29, 1.82) is 0 Å². The van der Waals surface area contributed by atoms with Crippen LogP contribution >= 0.6 is 0 Å².